The van der Waals surface area contributed by atoms with Crippen molar-refractivity contribution >= 4 is 11.8 Å². The normalized spacial score (nSPS) is 28.8. The Morgan fingerprint density at radius 2 is 2.50 bits per heavy atom. The van der Waals surface area contributed by atoms with Crippen LogP contribution in [0, 0.1) is 5.92 Å². The maximum atomic E-state index is 8.79. The van der Waals surface area contributed by atoms with E-state index in [1.54, 1.807) is 0 Å². The predicted octanol–water partition coefficient (Wildman–Crippen LogP) is 1.90. The number of rotatable bonds is 3. The molecule has 2 heteroatoms. The lowest BCUT2D eigenvalue weighted by Crippen LogP contribution is -2.08. The highest BCUT2D eigenvalue weighted by Crippen LogP contribution is 2.30. The van der Waals surface area contributed by atoms with Gasteiger partial charge in [-0.15, -0.1) is 0 Å². The average molecular weight is 160 g/mol. The highest BCUT2D eigenvalue weighted by atomic mass is 32.2. The Balaban J connectivity index is 2.11. The lowest BCUT2D eigenvalue weighted by Gasteiger charge is -2.12. The minimum absolute atomic E-state index is 0.358. The molecule has 0 aliphatic carbocycles. The molecule has 0 saturated carbocycles. The molecule has 1 rings (SSSR count). The first-order valence-corrected chi connectivity index (χ1v) is 5.10. The second-order valence-electron chi connectivity index (χ2n) is 3.16. The first kappa shape index (κ1) is 8.41. The molecule has 0 aromatic rings. The molecule has 0 bridgehead atoms. The van der Waals surface area contributed by atoms with E-state index >= 15 is 0 Å². The highest BCUT2D eigenvalue weighted by Gasteiger charge is 2.17. The zero-order valence-corrected chi connectivity index (χ0v) is 7.36. The summed E-state index contributed by atoms with van der Waals surface area (Å²) in [7, 11) is 0. The largest absolute Gasteiger partial charge is 0.396 e. The maximum absolute atomic E-state index is 8.79. The molecule has 0 aromatic carbocycles. The Morgan fingerprint density at radius 1 is 1.70 bits per heavy atom. The summed E-state index contributed by atoms with van der Waals surface area (Å²) in [5, 5.41) is 9.64. The zero-order chi connectivity index (χ0) is 7.40. The van der Waals surface area contributed by atoms with Crippen molar-refractivity contribution in [3.63, 3.8) is 0 Å². The van der Waals surface area contributed by atoms with Crippen LogP contribution < -0.4 is 0 Å². The van der Waals surface area contributed by atoms with Crippen LogP contribution in [-0.4, -0.2) is 22.7 Å². The van der Waals surface area contributed by atoms with Crippen LogP contribution in [0.25, 0.3) is 0 Å². The van der Waals surface area contributed by atoms with Crippen molar-refractivity contribution in [2.75, 3.05) is 12.4 Å². The van der Waals surface area contributed by atoms with Crippen molar-refractivity contribution in [3.05, 3.63) is 0 Å². The molecule has 1 heterocycles. The summed E-state index contributed by atoms with van der Waals surface area (Å²) in [5.74, 6) is 1.85. The van der Waals surface area contributed by atoms with Gasteiger partial charge in [-0.1, -0.05) is 6.92 Å². The molecule has 1 aliphatic rings. The second kappa shape index (κ2) is 4.24. The summed E-state index contributed by atoms with van der Waals surface area (Å²) < 4.78 is 0. The Hall–Kier alpha value is 0.310. The van der Waals surface area contributed by atoms with E-state index in [-0.39, 0.29) is 0 Å². The van der Waals surface area contributed by atoms with Gasteiger partial charge in [0, 0.05) is 11.9 Å². The lowest BCUT2D eigenvalue weighted by molar-refractivity contribution is 0.229. The highest BCUT2D eigenvalue weighted by molar-refractivity contribution is 8.00. The van der Waals surface area contributed by atoms with Crippen molar-refractivity contribution in [1.82, 2.24) is 0 Å². The van der Waals surface area contributed by atoms with Crippen LogP contribution in [0.1, 0.15) is 26.2 Å². The molecule has 0 spiro atoms. The summed E-state index contributed by atoms with van der Waals surface area (Å²) in [6, 6.07) is 0. The fourth-order valence-electron chi connectivity index (χ4n) is 1.35. The fourth-order valence-corrected chi connectivity index (χ4v) is 2.82. The first-order valence-electron chi connectivity index (χ1n) is 4.05. The minimum Gasteiger partial charge on any atom is -0.396 e. The Labute approximate surface area is 67.2 Å². The van der Waals surface area contributed by atoms with E-state index in [4.69, 9.17) is 5.11 Å². The van der Waals surface area contributed by atoms with Gasteiger partial charge in [0.15, 0.2) is 0 Å². The fraction of sp³-hybridized carbons (Fsp3) is 1.00. The van der Waals surface area contributed by atoms with Crippen molar-refractivity contribution in [2.24, 2.45) is 5.92 Å². The molecular formula is C8H16OS. The molecular weight excluding hydrogens is 144 g/mol. The molecule has 0 radical (unpaired) electrons. The van der Waals surface area contributed by atoms with Crippen LogP contribution in [0.5, 0.6) is 0 Å². The smallest absolute Gasteiger partial charge is 0.0457 e. The summed E-state index contributed by atoms with van der Waals surface area (Å²) >= 11 is 2.07. The van der Waals surface area contributed by atoms with Gasteiger partial charge >= 0.3 is 0 Å². The van der Waals surface area contributed by atoms with Crippen LogP contribution in [0.4, 0.5) is 0 Å². The summed E-state index contributed by atoms with van der Waals surface area (Å²) in [4.78, 5) is 0. The van der Waals surface area contributed by atoms with Gasteiger partial charge in [-0.05, 0) is 30.9 Å². The van der Waals surface area contributed by atoms with E-state index in [0.717, 1.165) is 5.25 Å². The van der Waals surface area contributed by atoms with Gasteiger partial charge < -0.3 is 5.11 Å². The van der Waals surface area contributed by atoms with Crippen LogP contribution in [-0.2, 0) is 0 Å². The Bertz CT molecular complexity index is 89.3. The van der Waals surface area contributed by atoms with Crippen LogP contribution in [0.2, 0.25) is 0 Å². The molecule has 1 N–H and O–H groups in total. The van der Waals surface area contributed by atoms with E-state index in [9.17, 15) is 0 Å². The van der Waals surface area contributed by atoms with Crippen LogP contribution in [0.3, 0.4) is 0 Å². The van der Waals surface area contributed by atoms with Crippen molar-refractivity contribution < 1.29 is 5.11 Å². The van der Waals surface area contributed by atoms with Gasteiger partial charge in [0.05, 0.1) is 0 Å². The van der Waals surface area contributed by atoms with Crippen molar-refractivity contribution in [2.45, 2.75) is 31.4 Å². The zero-order valence-electron chi connectivity index (χ0n) is 6.55. The second-order valence-corrected chi connectivity index (χ2v) is 4.57. The molecule has 2 atom stereocenters. The van der Waals surface area contributed by atoms with Crippen LogP contribution in [0.15, 0.2) is 0 Å². The first-order chi connectivity index (χ1) is 4.83. The third kappa shape index (κ3) is 2.51. The van der Waals surface area contributed by atoms with E-state index in [1.807, 2.05) is 0 Å². The van der Waals surface area contributed by atoms with E-state index in [2.05, 4.69) is 18.7 Å². The number of hydrogen-bond acceptors (Lipinski definition) is 2. The number of aliphatic hydroxyl groups excluding tert-OH is 1. The molecule has 0 aromatic heterocycles. The van der Waals surface area contributed by atoms with Crippen molar-refractivity contribution in [3.8, 4) is 0 Å². The van der Waals surface area contributed by atoms with Gasteiger partial charge in [0.1, 0.15) is 0 Å². The maximum Gasteiger partial charge on any atom is 0.0457 e. The van der Waals surface area contributed by atoms with Gasteiger partial charge in [-0.2, -0.15) is 11.8 Å². The van der Waals surface area contributed by atoms with Gasteiger partial charge in [0.2, 0.25) is 0 Å². The topological polar surface area (TPSA) is 20.2 Å². The van der Waals surface area contributed by atoms with Gasteiger partial charge in [-0.3, -0.25) is 0 Å². The minimum atomic E-state index is 0.358. The Kier molecular flexibility index (Phi) is 3.57. The SMILES string of the molecule is CC(CO)CC1CCCS1. The van der Waals surface area contributed by atoms with E-state index in [0.29, 0.717) is 12.5 Å². The lowest BCUT2D eigenvalue weighted by atomic mass is 10.0. The van der Waals surface area contributed by atoms with Crippen LogP contribution >= 0.6 is 11.8 Å². The van der Waals surface area contributed by atoms with Gasteiger partial charge in [0.25, 0.3) is 0 Å². The standard InChI is InChI=1S/C8H16OS/c1-7(6-9)5-8-3-2-4-10-8/h7-9H,2-6H2,1H3. The number of thioether (sulfide) groups is 1. The molecule has 2 unspecified atom stereocenters. The molecule has 10 heavy (non-hydrogen) atoms. The molecule has 1 nitrogen and oxygen atoms in total. The predicted molar refractivity (Wildman–Crippen MR) is 46.3 cm³/mol. The molecule has 1 fully saturated rings. The summed E-state index contributed by atoms with van der Waals surface area (Å²) in [5.41, 5.74) is 0. The molecule has 1 aliphatic heterocycles. The van der Waals surface area contributed by atoms with E-state index < -0.39 is 0 Å². The molecule has 1 saturated heterocycles. The van der Waals surface area contributed by atoms with Crippen molar-refractivity contribution in [1.29, 1.82) is 0 Å². The third-order valence-corrected chi connectivity index (χ3v) is 3.42. The van der Waals surface area contributed by atoms with Gasteiger partial charge in [-0.25, -0.2) is 0 Å². The molecule has 0 amide bonds. The third-order valence-electron chi connectivity index (χ3n) is 2.00. The average Bonchev–Trinajstić information content (AvgIpc) is 2.40. The van der Waals surface area contributed by atoms with E-state index in [1.165, 1.54) is 25.0 Å². The number of aliphatic hydroxyl groups is 1. The quantitative estimate of drug-likeness (QED) is 0.680. The summed E-state index contributed by atoms with van der Waals surface area (Å²) in [6.07, 6.45) is 3.96. The monoisotopic (exact) mass is 160 g/mol. The number of hydrogen-bond donors (Lipinski definition) is 1. The Morgan fingerprint density at radius 3 is 3.00 bits per heavy atom. The molecule has 60 valence electrons. The summed E-state index contributed by atoms with van der Waals surface area (Å²) in [6.45, 7) is 2.48.